The fraction of sp³-hybridized carbons (Fsp3) is 0.364. The molecule has 0 N–H and O–H groups in total. The number of fused-ring (bicyclic) bond motifs is 1. The van der Waals surface area contributed by atoms with Gasteiger partial charge in [-0.2, -0.15) is 0 Å². The Labute approximate surface area is 164 Å². The molecule has 2 aromatic rings. The predicted molar refractivity (Wildman–Crippen MR) is 105 cm³/mol. The Morgan fingerprint density at radius 2 is 1.82 bits per heavy atom. The molecular formula is C22H24N2O4. The lowest BCUT2D eigenvalue weighted by Gasteiger charge is -2.30. The van der Waals surface area contributed by atoms with Gasteiger partial charge in [-0.3, -0.25) is 9.59 Å². The van der Waals surface area contributed by atoms with Crippen LogP contribution in [0.3, 0.4) is 0 Å². The molecule has 2 aliphatic rings. The first-order chi connectivity index (χ1) is 13.6. The minimum Gasteiger partial charge on any atom is -0.486 e. The predicted octanol–water partition coefficient (Wildman–Crippen LogP) is 3.00. The maximum atomic E-state index is 13.4. The van der Waals surface area contributed by atoms with Gasteiger partial charge in [0.15, 0.2) is 11.5 Å². The normalized spacial score (nSPS) is 18.0. The van der Waals surface area contributed by atoms with Crippen molar-refractivity contribution < 1.29 is 19.1 Å². The highest BCUT2D eigenvalue weighted by molar-refractivity contribution is 5.99. The van der Waals surface area contributed by atoms with Gasteiger partial charge in [-0.15, -0.1) is 0 Å². The van der Waals surface area contributed by atoms with Crippen LogP contribution in [0.2, 0.25) is 0 Å². The quantitative estimate of drug-likeness (QED) is 0.818. The maximum Gasteiger partial charge on any atom is 0.250 e. The van der Waals surface area contributed by atoms with Crippen molar-refractivity contribution in [2.45, 2.75) is 32.4 Å². The number of para-hydroxylation sites is 1. The van der Waals surface area contributed by atoms with Crippen molar-refractivity contribution in [3.63, 3.8) is 0 Å². The zero-order chi connectivity index (χ0) is 19.5. The summed E-state index contributed by atoms with van der Waals surface area (Å²) in [6, 6.07) is 14.9. The molecule has 1 saturated heterocycles. The topological polar surface area (TPSA) is 59.1 Å². The van der Waals surface area contributed by atoms with E-state index in [1.165, 1.54) is 6.92 Å². The van der Waals surface area contributed by atoms with Gasteiger partial charge in [0.05, 0.1) is 6.54 Å². The van der Waals surface area contributed by atoms with Crippen LogP contribution in [-0.2, 0) is 16.1 Å². The van der Waals surface area contributed by atoms with E-state index in [1.807, 2.05) is 48.5 Å². The molecule has 0 bridgehead atoms. The van der Waals surface area contributed by atoms with E-state index in [-0.39, 0.29) is 11.8 Å². The summed E-state index contributed by atoms with van der Waals surface area (Å²) in [6.07, 6.45) is 1.55. The summed E-state index contributed by atoms with van der Waals surface area (Å²) in [5, 5.41) is 0. The summed E-state index contributed by atoms with van der Waals surface area (Å²) < 4.78 is 11.3. The van der Waals surface area contributed by atoms with E-state index in [0.29, 0.717) is 38.5 Å². The summed E-state index contributed by atoms with van der Waals surface area (Å²) in [5.74, 6) is 1.33. The van der Waals surface area contributed by atoms with Crippen molar-refractivity contribution in [1.82, 2.24) is 4.90 Å². The SMILES string of the molecule is CC(=O)N1CCC[C@@H]1C(=O)N(Cc1ccc2c(c1)OCCO2)c1ccccc1. The molecule has 0 aromatic heterocycles. The van der Waals surface area contributed by atoms with Crippen LogP contribution in [0, 0.1) is 0 Å². The van der Waals surface area contributed by atoms with Crippen molar-refractivity contribution in [3.05, 3.63) is 54.1 Å². The fourth-order valence-electron chi connectivity index (χ4n) is 3.85. The van der Waals surface area contributed by atoms with Crippen LogP contribution in [0.4, 0.5) is 5.69 Å². The zero-order valence-corrected chi connectivity index (χ0v) is 16.0. The third-order valence-electron chi connectivity index (χ3n) is 5.22. The van der Waals surface area contributed by atoms with Crippen LogP contribution in [0.5, 0.6) is 11.5 Å². The average Bonchev–Trinajstić information content (AvgIpc) is 3.22. The lowest BCUT2D eigenvalue weighted by molar-refractivity contribution is -0.135. The van der Waals surface area contributed by atoms with Gasteiger partial charge in [0.1, 0.15) is 19.3 Å². The Balaban J connectivity index is 1.63. The van der Waals surface area contributed by atoms with Gasteiger partial charge in [-0.1, -0.05) is 24.3 Å². The summed E-state index contributed by atoms with van der Waals surface area (Å²) in [4.78, 5) is 28.8. The van der Waals surface area contributed by atoms with Crippen molar-refractivity contribution in [2.75, 3.05) is 24.7 Å². The second-order valence-electron chi connectivity index (χ2n) is 7.11. The van der Waals surface area contributed by atoms with Gasteiger partial charge >= 0.3 is 0 Å². The molecule has 2 heterocycles. The molecular weight excluding hydrogens is 356 g/mol. The van der Waals surface area contributed by atoms with Gasteiger partial charge < -0.3 is 19.3 Å². The largest absolute Gasteiger partial charge is 0.486 e. The Kier molecular flexibility index (Phi) is 5.19. The highest BCUT2D eigenvalue weighted by atomic mass is 16.6. The molecule has 28 heavy (non-hydrogen) atoms. The van der Waals surface area contributed by atoms with Crippen molar-refractivity contribution in [2.24, 2.45) is 0 Å². The van der Waals surface area contributed by atoms with E-state index in [2.05, 4.69) is 0 Å². The van der Waals surface area contributed by atoms with Crippen molar-refractivity contribution in [3.8, 4) is 11.5 Å². The molecule has 0 spiro atoms. The van der Waals surface area contributed by atoms with E-state index >= 15 is 0 Å². The summed E-state index contributed by atoms with van der Waals surface area (Å²) in [5.41, 5.74) is 1.77. The van der Waals surface area contributed by atoms with Gasteiger partial charge in [0, 0.05) is 19.2 Å². The summed E-state index contributed by atoms with van der Waals surface area (Å²) in [6.45, 7) is 3.64. The molecule has 0 aliphatic carbocycles. The standard InChI is InChI=1S/C22H24N2O4/c1-16(25)23-11-5-8-19(23)22(26)24(18-6-3-2-4-7-18)15-17-9-10-20-21(14-17)28-13-12-27-20/h2-4,6-7,9-10,14,19H,5,8,11-13,15H2,1H3/t19-/m1/s1. The molecule has 146 valence electrons. The van der Waals surface area contributed by atoms with Crippen LogP contribution in [0.25, 0.3) is 0 Å². The lowest BCUT2D eigenvalue weighted by Crippen LogP contribution is -2.47. The first-order valence-electron chi connectivity index (χ1n) is 9.65. The van der Waals surface area contributed by atoms with Crippen molar-refractivity contribution >= 4 is 17.5 Å². The second-order valence-corrected chi connectivity index (χ2v) is 7.11. The Hall–Kier alpha value is -3.02. The number of ether oxygens (including phenoxy) is 2. The molecule has 1 fully saturated rings. The number of hydrogen-bond donors (Lipinski definition) is 0. The number of benzene rings is 2. The monoisotopic (exact) mass is 380 g/mol. The fourth-order valence-corrected chi connectivity index (χ4v) is 3.85. The average molecular weight is 380 g/mol. The first kappa shape index (κ1) is 18.3. The Morgan fingerprint density at radius 1 is 1.07 bits per heavy atom. The van der Waals surface area contributed by atoms with Crippen LogP contribution in [0.15, 0.2) is 48.5 Å². The van der Waals surface area contributed by atoms with Crippen LogP contribution in [0.1, 0.15) is 25.3 Å². The smallest absolute Gasteiger partial charge is 0.250 e. The number of anilines is 1. The zero-order valence-electron chi connectivity index (χ0n) is 16.0. The molecule has 2 aromatic carbocycles. The van der Waals surface area contributed by atoms with Gasteiger partial charge in [0.25, 0.3) is 0 Å². The molecule has 6 heteroatoms. The number of nitrogens with zero attached hydrogens (tertiary/aromatic N) is 2. The lowest BCUT2D eigenvalue weighted by atomic mass is 10.1. The minimum atomic E-state index is -0.407. The van der Waals surface area contributed by atoms with Crippen molar-refractivity contribution in [1.29, 1.82) is 0 Å². The number of rotatable bonds is 4. The van der Waals surface area contributed by atoms with Gasteiger partial charge in [-0.25, -0.2) is 0 Å². The van der Waals surface area contributed by atoms with Crippen LogP contribution >= 0.6 is 0 Å². The van der Waals surface area contributed by atoms with Gasteiger partial charge in [0.2, 0.25) is 11.8 Å². The molecule has 0 saturated carbocycles. The van der Waals surface area contributed by atoms with E-state index in [1.54, 1.807) is 9.80 Å². The second kappa shape index (κ2) is 7.92. The molecule has 1 atom stereocenters. The molecule has 4 rings (SSSR count). The van der Waals surface area contributed by atoms with E-state index < -0.39 is 6.04 Å². The summed E-state index contributed by atoms with van der Waals surface area (Å²) in [7, 11) is 0. The number of hydrogen-bond acceptors (Lipinski definition) is 4. The molecule has 0 unspecified atom stereocenters. The van der Waals surface area contributed by atoms with Gasteiger partial charge in [-0.05, 0) is 42.7 Å². The first-order valence-corrected chi connectivity index (χ1v) is 9.65. The Bertz CT molecular complexity index is 868. The Morgan fingerprint density at radius 3 is 2.57 bits per heavy atom. The molecule has 0 radical (unpaired) electrons. The highest BCUT2D eigenvalue weighted by Crippen LogP contribution is 2.32. The third-order valence-corrected chi connectivity index (χ3v) is 5.22. The summed E-state index contributed by atoms with van der Waals surface area (Å²) >= 11 is 0. The molecule has 6 nitrogen and oxygen atoms in total. The maximum absolute atomic E-state index is 13.4. The third kappa shape index (κ3) is 3.67. The van der Waals surface area contributed by atoms with Crippen LogP contribution in [-0.4, -0.2) is 42.5 Å². The number of carbonyl (C=O) groups excluding carboxylic acids is 2. The van der Waals surface area contributed by atoms with Crippen LogP contribution < -0.4 is 14.4 Å². The van der Waals surface area contributed by atoms with E-state index in [4.69, 9.17) is 9.47 Å². The highest BCUT2D eigenvalue weighted by Gasteiger charge is 2.35. The minimum absolute atomic E-state index is 0.0474. The van der Waals surface area contributed by atoms with E-state index in [0.717, 1.165) is 23.4 Å². The number of amides is 2. The molecule has 2 amide bonds. The molecule has 2 aliphatic heterocycles. The number of carbonyl (C=O) groups is 2. The van der Waals surface area contributed by atoms with E-state index in [9.17, 15) is 9.59 Å². The number of likely N-dealkylation sites (tertiary alicyclic amines) is 1.